The van der Waals surface area contributed by atoms with Crippen molar-refractivity contribution in [1.29, 1.82) is 0 Å². The van der Waals surface area contributed by atoms with Crippen molar-refractivity contribution in [2.75, 3.05) is 14.2 Å². The van der Waals surface area contributed by atoms with Crippen molar-refractivity contribution >= 4 is 21.8 Å². The van der Waals surface area contributed by atoms with Gasteiger partial charge in [-0.25, -0.2) is 0 Å². The minimum absolute atomic E-state index is 0.889. The summed E-state index contributed by atoms with van der Waals surface area (Å²) in [6.45, 7) is 0. The highest BCUT2D eigenvalue weighted by atomic mass is 16.5. The first-order chi connectivity index (χ1) is 15.2. The van der Waals surface area contributed by atoms with Gasteiger partial charge in [-0.1, -0.05) is 36.4 Å². The molecule has 0 aliphatic carbocycles. The molecule has 3 nitrogen and oxygen atoms in total. The maximum Gasteiger partial charge on any atom is 0.118 e. The lowest BCUT2D eigenvalue weighted by atomic mass is 10.00. The maximum atomic E-state index is 5.27. The van der Waals surface area contributed by atoms with Crippen LogP contribution in [0.25, 0.3) is 21.8 Å². The summed E-state index contributed by atoms with van der Waals surface area (Å²) < 4.78 is 10.5. The smallest absolute Gasteiger partial charge is 0.118 e. The molecule has 0 amide bonds. The van der Waals surface area contributed by atoms with Crippen LogP contribution in [0.2, 0.25) is 0 Å². The molecule has 1 heterocycles. The van der Waals surface area contributed by atoms with Crippen molar-refractivity contribution in [3.05, 3.63) is 107 Å². The molecular formula is C28H25NO2. The molecule has 3 heteroatoms. The first-order valence-electron chi connectivity index (χ1n) is 10.5. The number of rotatable bonds is 6. The van der Waals surface area contributed by atoms with Crippen molar-refractivity contribution in [2.24, 2.45) is 0 Å². The number of aromatic nitrogens is 1. The number of ether oxygens (including phenoxy) is 2. The van der Waals surface area contributed by atoms with Crippen molar-refractivity contribution < 1.29 is 9.47 Å². The van der Waals surface area contributed by atoms with Crippen molar-refractivity contribution in [2.45, 2.75) is 12.8 Å². The molecule has 0 saturated carbocycles. The summed E-state index contributed by atoms with van der Waals surface area (Å²) in [6.07, 6.45) is 1.80. The van der Waals surface area contributed by atoms with Gasteiger partial charge in [0.25, 0.3) is 0 Å². The highest BCUT2D eigenvalue weighted by Crippen LogP contribution is 2.29. The van der Waals surface area contributed by atoms with Crippen LogP contribution in [0, 0.1) is 0 Å². The average Bonchev–Trinajstić information content (AvgIpc) is 3.17. The molecule has 0 unspecified atom stereocenters. The van der Waals surface area contributed by atoms with E-state index in [4.69, 9.17) is 9.47 Å². The van der Waals surface area contributed by atoms with Gasteiger partial charge in [-0.2, -0.15) is 0 Å². The lowest BCUT2D eigenvalue weighted by Gasteiger charge is -2.05. The van der Waals surface area contributed by atoms with Crippen LogP contribution < -0.4 is 9.47 Å². The fraction of sp³-hybridized carbons (Fsp3) is 0.143. The van der Waals surface area contributed by atoms with Gasteiger partial charge in [0.15, 0.2) is 0 Å². The zero-order valence-corrected chi connectivity index (χ0v) is 17.8. The molecule has 0 atom stereocenters. The van der Waals surface area contributed by atoms with E-state index in [-0.39, 0.29) is 0 Å². The van der Waals surface area contributed by atoms with Gasteiger partial charge in [-0.3, -0.25) is 0 Å². The Labute approximate surface area is 182 Å². The van der Waals surface area contributed by atoms with Gasteiger partial charge in [0.05, 0.1) is 14.2 Å². The van der Waals surface area contributed by atoms with Gasteiger partial charge in [-0.15, -0.1) is 0 Å². The molecule has 1 N–H and O–H groups in total. The summed E-state index contributed by atoms with van der Waals surface area (Å²) in [5.74, 6) is 1.78. The fourth-order valence-electron chi connectivity index (χ4n) is 4.17. The summed E-state index contributed by atoms with van der Waals surface area (Å²) in [4.78, 5) is 3.56. The molecule has 0 saturated heterocycles. The van der Waals surface area contributed by atoms with Gasteiger partial charge in [0.2, 0.25) is 0 Å². The molecule has 0 fully saturated rings. The number of fused-ring (bicyclic) bond motifs is 3. The molecule has 5 rings (SSSR count). The standard InChI is InChI=1S/C28H25NO2/c1-30-23-9-3-19(4-10-23)15-21-7-13-27-25(17-21)26-18-22(8-14-28(26)29-27)16-20-5-11-24(31-2)12-6-20/h3-14,17-18,29H,15-16H2,1-2H3. The van der Waals surface area contributed by atoms with E-state index in [1.54, 1.807) is 14.2 Å². The Morgan fingerprint density at radius 2 is 0.903 bits per heavy atom. The second-order valence-corrected chi connectivity index (χ2v) is 7.93. The first-order valence-corrected chi connectivity index (χ1v) is 10.5. The highest BCUT2D eigenvalue weighted by molar-refractivity contribution is 6.07. The van der Waals surface area contributed by atoms with E-state index < -0.39 is 0 Å². The van der Waals surface area contributed by atoms with Crippen LogP contribution in [-0.4, -0.2) is 19.2 Å². The lowest BCUT2D eigenvalue weighted by Crippen LogP contribution is -1.89. The zero-order chi connectivity index (χ0) is 21.2. The number of hydrogen-bond donors (Lipinski definition) is 1. The molecule has 0 aliphatic rings. The van der Waals surface area contributed by atoms with E-state index >= 15 is 0 Å². The van der Waals surface area contributed by atoms with Crippen molar-refractivity contribution in [1.82, 2.24) is 4.98 Å². The molecule has 0 bridgehead atoms. The van der Waals surface area contributed by atoms with Gasteiger partial charge in [0.1, 0.15) is 11.5 Å². The molecular weight excluding hydrogens is 382 g/mol. The molecule has 5 aromatic rings. The van der Waals surface area contributed by atoms with Crippen LogP contribution in [0.5, 0.6) is 11.5 Å². The summed E-state index contributed by atoms with van der Waals surface area (Å²) in [7, 11) is 3.39. The second-order valence-electron chi connectivity index (χ2n) is 7.93. The van der Waals surface area contributed by atoms with E-state index in [9.17, 15) is 0 Å². The van der Waals surface area contributed by atoms with Crippen molar-refractivity contribution in [3.8, 4) is 11.5 Å². The van der Waals surface area contributed by atoms with E-state index in [1.807, 2.05) is 24.3 Å². The summed E-state index contributed by atoms with van der Waals surface area (Å²) in [5.41, 5.74) is 7.52. The quantitative estimate of drug-likeness (QED) is 0.348. The van der Waals surface area contributed by atoms with E-state index in [0.717, 1.165) is 24.3 Å². The number of H-pyrrole nitrogens is 1. The van der Waals surface area contributed by atoms with Gasteiger partial charge >= 0.3 is 0 Å². The third kappa shape index (κ3) is 3.99. The molecule has 4 aromatic carbocycles. The molecule has 154 valence electrons. The first kappa shape index (κ1) is 19.3. The number of hydrogen-bond acceptors (Lipinski definition) is 2. The van der Waals surface area contributed by atoms with Gasteiger partial charge < -0.3 is 14.5 Å². The van der Waals surface area contributed by atoms with E-state index in [1.165, 1.54) is 44.1 Å². The molecule has 0 aliphatic heterocycles. The predicted octanol–water partition coefficient (Wildman–Crippen LogP) is 6.52. The van der Waals surface area contributed by atoms with Gasteiger partial charge in [0, 0.05) is 21.8 Å². The minimum Gasteiger partial charge on any atom is -0.497 e. The Balaban J connectivity index is 1.45. The van der Waals surface area contributed by atoms with Gasteiger partial charge in [-0.05, 0) is 83.6 Å². The molecule has 0 spiro atoms. The minimum atomic E-state index is 0.889. The maximum absolute atomic E-state index is 5.27. The van der Waals surface area contributed by atoms with E-state index in [2.05, 4.69) is 65.6 Å². The lowest BCUT2D eigenvalue weighted by molar-refractivity contribution is 0.414. The Morgan fingerprint density at radius 3 is 1.29 bits per heavy atom. The Hall–Kier alpha value is -3.72. The predicted molar refractivity (Wildman–Crippen MR) is 127 cm³/mol. The number of benzene rings is 4. The monoisotopic (exact) mass is 407 g/mol. The van der Waals surface area contributed by atoms with Crippen LogP contribution >= 0.6 is 0 Å². The SMILES string of the molecule is COc1ccc(Cc2ccc3[nH]c4ccc(Cc5ccc(OC)cc5)cc4c3c2)cc1. The molecule has 0 radical (unpaired) electrons. The van der Waals surface area contributed by atoms with Crippen LogP contribution in [-0.2, 0) is 12.8 Å². The topological polar surface area (TPSA) is 34.2 Å². The molecule has 1 aromatic heterocycles. The zero-order valence-electron chi connectivity index (χ0n) is 17.8. The summed E-state index contributed by atoms with van der Waals surface area (Å²) in [5, 5.41) is 2.55. The number of nitrogens with one attached hydrogen (secondary N) is 1. The van der Waals surface area contributed by atoms with Crippen LogP contribution in [0.15, 0.2) is 84.9 Å². The third-order valence-electron chi connectivity index (χ3n) is 5.86. The summed E-state index contributed by atoms with van der Waals surface area (Å²) in [6, 6.07) is 30.0. The fourth-order valence-corrected chi connectivity index (χ4v) is 4.17. The normalized spacial score (nSPS) is 11.2. The largest absolute Gasteiger partial charge is 0.497 e. The third-order valence-corrected chi connectivity index (χ3v) is 5.86. The number of aromatic amines is 1. The van der Waals surface area contributed by atoms with Crippen LogP contribution in [0.1, 0.15) is 22.3 Å². The van der Waals surface area contributed by atoms with Crippen molar-refractivity contribution in [3.63, 3.8) is 0 Å². The Kier molecular flexibility index (Phi) is 5.09. The average molecular weight is 408 g/mol. The number of methoxy groups -OCH3 is 2. The summed E-state index contributed by atoms with van der Waals surface area (Å²) >= 11 is 0. The second kappa shape index (κ2) is 8.19. The molecule has 31 heavy (non-hydrogen) atoms. The highest BCUT2D eigenvalue weighted by Gasteiger charge is 2.08. The van der Waals surface area contributed by atoms with Crippen LogP contribution in [0.3, 0.4) is 0 Å². The Bertz CT molecular complexity index is 1230. The van der Waals surface area contributed by atoms with E-state index in [0.29, 0.717) is 0 Å². The Morgan fingerprint density at radius 1 is 0.516 bits per heavy atom. The van der Waals surface area contributed by atoms with Crippen LogP contribution in [0.4, 0.5) is 0 Å².